The van der Waals surface area contributed by atoms with Crippen molar-refractivity contribution in [2.75, 3.05) is 0 Å². The van der Waals surface area contributed by atoms with Gasteiger partial charge in [-0.3, -0.25) is 0 Å². The lowest BCUT2D eigenvalue weighted by atomic mass is 10.0. The summed E-state index contributed by atoms with van der Waals surface area (Å²) in [7, 11) is 0. The average molecular weight is 224 g/mol. The maximum atomic E-state index is 9.57. The van der Waals surface area contributed by atoms with Crippen molar-refractivity contribution in [2.24, 2.45) is 0 Å². The number of aryl methyl sites for hydroxylation is 1. The Morgan fingerprint density at radius 1 is 1.00 bits per heavy atom. The number of aromatic hydroxyl groups is 1. The van der Waals surface area contributed by atoms with Gasteiger partial charge in [0.15, 0.2) is 0 Å². The standard InChI is InChI=1S/C15H12O2/c1-10-15(11-5-3-2-4-6-11)13-9-12(16)7-8-14(13)17-10/h2-9,16H,1H3. The highest BCUT2D eigenvalue weighted by atomic mass is 16.3. The molecule has 3 rings (SSSR count). The van der Waals surface area contributed by atoms with E-state index >= 15 is 0 Å². The highest BCUT2D eigenvalue weighted by Crippen LogP contribution is 2.35. The average Bonchev–Trinajstić information content (AvgIpc) is 2.65. The number of hydrogen-bond donors (Lipinski definition) is 1. The zero-order chi connectivity index (χ0) is 11.8. The molecule has 0 aliphatic heterocycles. The second kappa shape index (κ2) is 3.67. The molecule has 0 amide bonds. The van der Waals surface area contributed by atoms with Crippen LogP contribution in [0.2, 0.25) is 0 Å². The second-order valence-corrected chi connectivity index (χ2v) is 4.08. The van der Waals surface area contributed by atoms with E-state index in [0.717, 1.165) is 27.9 Å². The molecular formula is C15H12O2. The Morgan fingerprint density at radius 2 is 1.76 bits per heavy atom. The summed E-state index contributed by atoms with van der Waals surface area (Å²) < 4.78 is 5.70. The van der Waals surface area contributed by atoms with Gasteiger partial charge in [0.1, 0.15) is 17.1 Å². The third-order valence-corrected chi connectivity index (χ3v) is 2.91. The summed E-state index contributed by atoms with van der Waals surface area (Å²) in [5.74, 6) is 1.13. The molecule has 0 atom stereocenters. The molecule has 1 heterocycles. The topological polar surface area (TPSA) is 33.4 Å². The van der Waals surface area contributed by atoms with E-state index < -0.39 is 0 Å². The molecule has 1 N–H and O–H groups in total. The Morgan fingerprint density at radius 3 is 2.53 bits per heavy atom. The molecule has 1 aromatic heterocycles. The van der Waals surface area contributed by atoms with E-state index in [-0.39, 0.29) is 5.75 Å². The van der Waals surface area contributed by atoms with Crippen molar-refractivity contribution in [2.45, 2.75) is 6.92 Å². The maximum Gasteiger partial charge on any atom is 0.135 e. The zero-order valence-electron chi connectivity index (χ0n) is 9.47. The minimum Gasteiger partial charge on any atom is -0.508 e. The Bertz CT molecular complexity index is 666. The first-order chi connectivity index (χ1) is 8.25. The monoisotopic (exact) mass is 224 g/mol. The summed E-state index contributed by atoms with van der Waals surface area (Å²) in [6, 6.07) is 15.2. The number of benzene rings is 2. The van der Waals surface area contributed by atoms with Crippen molar-refractivity contribution in [3.05, 3.63) is 54.3 Å². The highest BCUT2D eigenvalue weighted by molar-refractivity contribution is 5.96. The summed E-state index contributed by atoms with van der Waals surface area (Å²) in [6.07, 6.45) is 0. The fourth-order valence-electron chi connectivity index (χ4n) is 2.17. The normalized spacial score (nSPS) is 10.9. The largest absolute Gasteiger partial charge is 0.508 e. The van der Waals surface area contributed by atoms with Crippen LogP contribution in [-0.4, -0.2) is 5.11 Å². The van der Waals surface area contributed by atoms with E-state index in [1.54, 1.807) is 18.2 Å². The van der Waals surface area contributed by atoms with Crippen molar-refractivity contribution in [1.82, 2.24) is 0 Å². The molecule has 3 aromatic rings. The van der Waals surface area contributed by atoms with Crippen LogP contribution in [0.1, 0.15) is 5.76 Å². The Kier molecular flexibility index (Phi) is 2.15. The quantitative estimate of drug-likeness (QED) is 0.674. The van der Waals surface area contributed by atoms with Crippen LogP contribution in [-0.2, 0) is 0 Å². The third kappa shape index (κ3) is 1.58. The molecule has 0 fully saturated rings. The summed E-state index contributed by atoms with van der Waals surface area (Å²) in [5.41, 5.74) is 2.96. The van der Waals surface area contributed by atoms with Crippen LogP contribution in [0.15, 0.2) is 52.9 Å². The number of furan rings is 1. The van der Waals surface area contributed by atoms with Crippen molar-refractivity contribution in [3.8, 4) is 16.9 Å². The molecule has 0 unspecified atom stereocenters. The van der Waals surface area contributed by atoms with Gasteiger partial charge in [-0.05, 0) is 30.7 Å². The van der Waals surface area contributed by atoms with Crippen LogP contribution in [0.25, 0.3) is 22.1 Å². The van der Waals surface area contributed by atoms with Gasteiger partial charge in [0.25, 0.3) is 0 Å². The number of fused-ring (bicyclic) bond motifs is 1. The van der Waals surface area contributed by atoms with E-state index in [2.05, 4.69) is 0 Å². The number of phenolic OH excluding ortho intramolecular Hbond substituents is 1. The van der Waals surface area contributed by atoms with E-state index in [0.29, 0.717) is 0 Å². The predicted octanol–water partition coefficient (Wildman–Crippen LogP) is 4.11. The SMILES string of the molecule is Cc1oc2ccc(O)cc2c1-c1ccccc1. The van der Waals surface area contributed by atoms with Gasteiger partial charge < -0.3 is 9.52 Å². The molecule has 2 heteroatoms. The van der Waals surface area contributed by atoms with Crippen molar-refractivity contribution < 1.29 is 9.52 Å². The molecule has 84 valence electrons. The van der Waals surface area contributed by atoms with Crippen molar-refractivity contribution >= 4 is 11.0 Å². The summed E-state index contributed by atoms with van der Waals surface area (Å²) in [4.78, 5) is 0. The van der Waals surface area contributed by atoms with E-state index in [1.165, 1.54) is 0 Å². The number of phenols is 1. The molecule has 2 nitrogen and oxygen atoms in total. The van der Waals surface area contributed by atoms with Gasteiger partial charge in [0.05, 0.1) is 0 Å². The summed E-state index contributed by atoms with van der Waals surface area (Å²) in [6.45, 7) is 1.94. The maximum absolute atomic E-state index is 9.57. The minimum atomic E-state index is 0.260. The number of hydrogen-bond acceptors (Lipinski definition) is 2. The fourth-order valence-corrected chi connectivity index (χ4v) is 2.17. The minimum absolute atomic E-state index is 0.260. The Balaban J connectivity index is 2.35. The zero-order valence-corrected chi connectivity index (χ0v) is 9.47. The summed E-state index contributed by atoms with van der Waals surface area (Å²) in [5, 5.41) is 10.5. The predicted molar refractivity (Wildman–Crippen MR) is 68.1 cm³/mol. The first-order valence-corrected chi connectivity index (χ1v) is 5.53. The second-order valence-electron chi connectivity index (χ2n) is 4.08. The lowest BCUT2D eigenvalue weighted by Crippen LogP contribution is -1.77. The third-order valence-electron chi connectivity index (χ3n) is 2.91. The molecule has 0 radical (unpaired) electrons. The molecule has 0 bridgehead atoms. The Hall–Kier alpha value is -2.22. The molecule has 17 heavy (non-hydrogen) atoms. The van der Waals surface area contributed by atoms with Gasteiger partial charge in [-0.25, -0.2) is 0 Å². The van der Waals surface area contributed by atoms with Crippen LogP contribution >= 0.6 is 0 Å². The van der Waals surface area contributed by atoms with Gasteiger partial charge in [0, 0.05) is 10.9 Å². The molecule has 0 saturated carbocycles. The molecule has 2 aromatic carbocycles. The van der Waals surface area contributed by atoms with E-state index in [4.69, 9.17) is 4.42 Å². The molecule has 0 aliphatic carbocycles. The molecule has 0 aliphatic rings. The van der Waals surface area contributed by atoms with Gasteiger partial charge in [0.2, 0.25) is 0 Å². The van der Waals surface area contributed by atoms with Gasteiger partial charge in [-0.15, -0.1) is 0 Å². The first kappa shape index (κ1) is 9.97. The Labute approximate surface area is 99.1 Å². The van der Waals surface area contributed by atoms with Gasteiger partial charge in [-0.1, -0.05) is 30.3 Å². The van der Waals surface area contributed by atoms with Crippen LogP contribution in [0.3, 0.4) is 0 Å². The van der Waals surface area contributed by atoms with Crippen LogP contribution < -0.4 is 0 Å². The lowest BCUT2D eigenvalue weighted by molar-refractivity contribution is 0.475. The van der Waals surface area contributed by atoms with E-state index in [1.807, 2.05) is 37.3 Å². The van der Waals surface area contributed by atoms with Gasteiger partial charge >= 0.3 is 0 Å². The van der Waals surface area contributed by atoms with Crippen LogP contribution in [0.5, 0.6) is 5.75 Å². The smallest absolute Gasteiger partial charge is 0.135 e. The molecular weight excluding hydrogens is 212 g/mol. The fraction of sp³-hybridized carbons (Fsp3) is 0.0667. The van der Waals surface area contributed by atoms with E-state index in [9.17, 15) is 5.11 Å². The van der Waals surface area contributed by atoms with Gasteiger partial charge in [-0.2, -0.15) is 0 Å². The molecule has 0 saturated heterocycles. The molecule has 0 spiro atoms. The lowest BCUT2D eigenvalue weighted by Gasteiger charge is -1.99. The number of rotatable bonds is 1. The van der Waals surface area contributed by atoms with Crippen molar-refractivity contribution in [3.63, 3.8) is 0 Å². The van der Waals surface area contributed by atoms with Crippen molar-refractivity contribution in [1.29, 1.82) is 0 Å². The van der Waals surface area contributed by atoms with Crippen LogP contribution in [0.4, 0.5) is 0 Å². The summed E-state index contributed by atoms with van der Waals surface area (Å²) >= 11 is 0. The first-order valence-electron chi connectivity index (χ1n) is 5.53. The van der Waals surface area contributed by atoms with Crippen LogP contribution in [0, 0.1) is 6.92 Å². The highest BCUT2D eigenvalue weighted by Gasteiger charge is 2.12.